The third-order valence-corrected chi connectivity index (χ3v) is 6.26. The molecule has 3 aromatic heterocycles. The molecule has 0 unspecified atom stereocenters. The van der Waals surface area contributed by atoms with E-state index in [1.807, 2.05) is 41.7 Å². The van der Waals surface area contributed by atoms with Crippen molar-refractivity contribution in [2.24, 2.45) is 0 Å². The third-order valence-electron chi connectivity index (χ3n) is 5.13. The molecule has 0 amide bonds. The highest BCUT2D eigenvalue weighted by Gasteiger charge is 2.16. The fourth-order valence-corrected chi connectivity index (χ4v) is 5.08. The molecule has 0 fully saturated rings. The minimum absolute atomic E-state index is 0.259. The summed E-state index contributed by atoms with van der Waals surface area (Å²) in [5.41, 5.74) is 2.07. The Balaban J connectivity index is 1.85. The maximum Gasteiger partial charge on any atom is 0.137 e. The van der Waals surface area contributed by atoms with Crippen molar-refractivity contribution in [1.82, 2.24) is 9.55 Å². The summed E-state index contributed by atoms with van der Waals surface area (Å²) in [4.78, 5) is 4.56. The van der Waals surface area contributed by atoms with Gasteiger partial charge in [0.1, 0.15) is 11.6 Å². The van der Waals surface area contributed by atoms with E-state index in [-0.39, 0.29) is 5.75 Å². The number of hydrogen-bond donors (Lipinski definition) is 1. The summed E-state index contributed by atoms with van der Waals surface area (Å²) in [5, 5.41) is 14.9. The maximum absolute atomic E-state index is 10.1. The standard InChI is InChI=1S/C23H14N2OS/c26-14-8-9-15-17-12-18-16-5-1-2-6-21(16)27-22(18)13-20(17)25(19(15)11-14)23-7-3-4-10-24-23/h1-13,26H. The van der Waals surface area contributed by atoms with Crippen LogP contribution < -0.4 is 0 Å². The Morgan fingerprint density at radius 3 is 2.44 bits per heavy atom. The third kappa shape index (κ3) is 2.04. The first kappa shape index (κ1) is 14.8. The first-order valence-corrected chi connectivity index (χ1v) is 9.61. The van der Waals surface area contributed by atoms with Gasteiger partial charge in [0.2, 0.25) is 0 Å². The van der Waals surface area contributed by atoms with E-state index < -0.39 is 0 Å². The number of aromatic hydroxyl groups is 1. The lowest BCUT2D eigenvalue weighted by Gasteiger charge is -2.06. The zero-order valence-corrected chi connectivity index (χ0v) is 15.1. The van der Waals surface area contributed by atoms with Crippen LogP contribution in [0.4, 0.5) is 0 Å². The normalized spacial score (nSPS) is 11.9. The van der Waals surface area contributed by atoms with Crippen LogP contribution in [0.3, 0.4) is 0 Å². The number of phenols is 1. The van der Waals surface area contributed by atoms with Crippen molar-refractivity contribution in [3.8, 4) is 11.6 Å². The number of benzene rings is 3. The fourth-order valence-electron chi connectivity index (χ4n) is 3.96. The van der Waals surface area contributed by atoms with Gasteiger partial charge >= 0.3 is 0 Å². The predicted molar refractivity (Wildman–Crippen MR) is 113 cm³/mol. The van der Waals surface area contributed by atoms with Crippen LogP contribution in [0.5, 0.6) is 5.75 Å². The average molecular weight is 366 g/mol. The molecule has 4 heteroatoms. The number of aromatic nitrogens is 2. The van der Waals surface area contributed by atoms with E-state index in [0.717, 1.165) is 22.2 Å². The molecule has 0 spiro atoms. The molecule has 6 aromatic rings. The largest absolute Gasteiger partial charge is 0.508 e. The van der Waals surface area contributed by atoms with Crippen LogP contribution in [0.2, 0.25) is 0 Å². The Hall–Kier alpha value is -3.37. The second kappa shape index (κ2) is 5.32. The number of phenolic OH excluding ortho intramolecular Hbond substituents is 1. The number of thiophene rings is 1. The fraction of sp³-hybridized carbons (Fsp3) is 0. The lowest BCUT2D eigenvalue weighted by Crippen LogP contribution is -1.95. The van der Waals surface area contributed by atoms with E-state index >= 15 is 0 Å². The van der Waals surface area contributed by atoms with Crippen LogP contribution in [0.25, 0.3) is 47.8 Å². The van der Waals surface area contributed by atoms with Crippen molar-refractivity contribution >= 4 is 53.3 Å². The van der Waals surface area contributed by atoms with Gasteiger partial charge in [0.15, 0.2) is 0 Å². The van der Waals surface area contributed by atoms with Gasteiger partial charge in [-0.25, -0.2) is 4.98 Å². The van der Waals surface area contributed by atoms with E-state index in [2.05, 4.69) is 45.9 Å². The van der Waals surface area contributed by atoms with Crippen LogP contribution in [-0.4, -0.2) is 14.7 Å². The number of hydrogen-bond acceptors (Lipinski definition) is 3. The summed E-state index contributed by atoms with van der Waals surface area (Å²) in [6.07, 6.45) is 1.80. The van der Waals surface area contributed by atoms with Gasteiger partial charge in [-0.1, -0.05) is 24.3 Å². The minimum Gasteiger partial charge on any atom is -0.508 e. The summed E-state index contributed by atoms with van der Waals surface area (Å²) >= 11 is 1.81. The van der Waals surface area contributed by atoms with Crippen molar-refractivity contribution in [3.63, 3.8) is 0 Å². The molecule has 0 aliphatic rings. The van der Waals surface area contributed by atoms with Crippen molar-refractivity contribution in [2.75, 3.05) is 0 Å². The monoisotopic (exact) mass is 366 g/mol. The van der Waals surface area contributed by atoms with E-state index in [9.17, 15) is 5.11 Å². The zero-order valence-electron chi connectivity index (χ0n) is 14.3. The van der Waals surface area contributed by atoms with Crippen LogP contribution >= 0.6 is 11.3 Å². The number of fused-ring (bicyclic) bond motifs is 6. The van der Waals surface area contributed by atoms with E-state index in [4.69, 9.17) is 0 Å². The molecule has 1 N–H and O–H groups in total. The molecule has 0 bridgehead atoms. The van der Waals surface area contributed by atoms with E-state index in [0.29, 0.717) is 0 Å². The van der Waals surface area contributed by atoms with Crippen molar-refractivity contribution in [1.29, 1.82) is 0 Å². The van der Waals surface area contributed by atoms with Crippen molar-refractivity contribution in [2.45, 2.75) is 0 Å². The minimum atomic E-state index is 0.259. The molecule has 3 nitrogen and oxygen atoms in total. The highest BCUT2D eigenvalue weighted by molar-refractivity contribution is 7.25. The molecule has 0 aliphatic heterocycles. The number of rotatable bonds is 1. The predicted octanol–water partition coefficient (Wildman–Crippen LogP) is 6.25. The van der Waals surface area contributed by atoms with Crippen LogP contribution in [0, 0.1) is 0 Å². The summed E-state index contributed by atoms with van der Waals surface area (Å²) < 4.78 is 4.69. The molecular weight excluding hydrogens is 352 g/mol. The van der Waals surface area contributed by atoms with Gasteiger partial charge < -0.3 is 5.11 Å². The Bertz CT molecular complexity index is 1480. The highest BCUT2D eigenvalue weighted by Crippen LogP contribution is 2.40. The molecule has 0 saturated carbocycles. The summed E-state index contributed by atoms with van der Waals surface area (Å²) in [6, 6.07) is 24.5. The Morgan fingerprint density at radius 1 is 0.704 bits per heavy atom. The van der Waals surface area contributed by atoms with Gasteiger partial charge in [-0.05, 0) is 42.5 Å². The summed E-state index contributed by atoms with van der Waals surface area (Å²) in [7, 11) is 0. The van der Waals surface area contributed by atoms with Gasteiger partial charge in [-0.2, -0.15) is 0 Å². The molecule has 3 aromatic carbocycles. The second-order valence-corrected chi connectivity index (χ2v) is 7.77. The van der Waals surface area contributed by atoms with Crippen molar-refractivity contribution < 1.29 is 5.11 Å². The zero-order chi connectivity index (χ0) is 18.0. The maximum atomic E-state index is 10.1. The molecule has 0 atom stereocenters. The number of nitrogens with zero attached hydrogens (tertiary/aromatic N) is 2. The molecule has 0 saturated heterocycles. The van der Waals surface area contributed by atoms with E-state index in [1.54, 1.807) is 12.3 Å². The van der Waals surface area contributed by atoms with E-state index in [1.165, 1.54) is 25.6 Å². The molecule has 3 heterocycles. The first-order chi connectivity index (χ1) is 13.3. The Labute approximate surface area is 158 Å². The summed E-state index contributed by atoms with van der Waals surface area (Å²) in [6.45, 7) is 0. The molecule has 6 rings (SSSR count). The summed E-state index contributed by atoms with van der Waals surface area (Å²) in [5.74, 6) is 1.11. The molecule has 128 valence electrons. The lowest BCUT2D eigenvalue weighted by molar-refractivity contribution is 0.476. The Morgan fingerprint density at radius 2 is 1.56 bits per heavy atom. The SMILES string of the molecule is Oc1ccc2c3cc4c(cc3n(-c3ccccn3)c2c1)sc1ccccc14. The smallest absolute Gasteiger partial charge is 0.137 e. The van der Waals surface area contributed by atoms with Gasteiger partial charge in [-0.15, -0.1) is 11.3 Å². The lowest BCUT2D eigenvalue weighted by atomic mass is 10.1. The van der Waals surface area contributed by atoms with Gasteiger partial charge in [0, 0.05) is 43.2 Å². The highest BCUT2D eigenvalue weighted by atomic mass is 32.1. The van der Waals surface area contributed by atoms with Crippen LogP contribution in [-0.2, 0) is 0 Å². The van der Waals surface area contributed by atoms with Crippen LogP contribution in [0.15, 0.2) is 79.0 Å². The molecule has 0 aliphatic carbocycles. The molecule has 0 radical (unpaired) electrons. The quantitative estimate of drug-likeness (QED) is 0.373. The molecular formula is C23H14N2OS. The van der Waals surface area contributed by atoms with Crippen LogP contribution in [0.1, 0.15) is 0 Å². The first-order valence-electron chi connectivity index (χ1n) is 8.79. The average Bonchev–Trinajstić information content (AvgIpc) is 3.21. The second-order valence-electron chi connectivity index (χ2n) is 6.69. The topological polar surface area (TPSA) is 38.0 Å². The van der Waals surface area contributed by atoms with Gasteiger partial charge in [0.05, 0.1) is 11.0 Å². The number of pyridine rings is 1. The van der Waals surface area contributed by atoms with Gasteiger partial charge in [0.25, 0.3) is 0 Å². The van der Waals surface area contributed by atoms with Crippen molar-refractivity contribution in [3.05, 3.63) is 79.0 Å². The Kier molecular flexibility index (Phi) is 2.91. The molecule has 27 heavy (non-hydrogen) atoms. The van der Waals surface area contributed by atoms with Gasteiger partial charge in [-0.3, -0.25) is 4.57 Å².